The number of nitrogens with one attached hydrogen (secondary N) is 1. The van der Waals surface area contributed by atoms with Gasteiger partial charge >= 0.3 is 0 Å². The summed E-state index contributed by atoms with van der Waals surface area (Å²) in [6, 6.07) is 8.28. The van der Waals surface area contributed by atoms with E-state index < -0.39 is 0 Å². The van der Waals surface area contributed by atoms with Gasteiger partial charge in [0.2, 0.25) is 0 Å². The first-order valence-electron chi connectivity index (χ1n) is 7.13. The van der Waals surface area contributed by atoms with Gasteiger partial charge < -0.3 is 15.2 Å². The summed E-state index contributed by atoms with van der Waals surface area (Å²) in [7, 11) is 0. The third-order valence-electron chi connectivity index (χ3n) is 4.06. The van der Waals surface area contributed by atoms with Crippen LogP contribution in [0, 0.1) is 5.41 Å². The van der Waals surface area contributed by atoms with Crippen molar-refractivity contribution in [2.45, 2.75) is 18.4 Å². The minimum atomic E-state index is -0.251. The van der Waals surface area contributed by atoms with Crippen molar-refractivity contribution in [1.82, 2.24) is 4.90 Å². The van der Waals surface area contributed by atoms with Crippen LogP contribution < -0.4 is 10.5 Å². The van der Waals surface area contributed by atoms with Crippen LogP contribution in [0.25, 0.3) is 0 Å². The van der Waals surface area contributed by atoms with E-state index in [2.05, 4.69) is 17.0 Å². The number of ether oxygens (including phenoxy) is 2. The molecule has 3 N–H and O–H groups in total. The van der Waals surface area contributed by atoms with Crippen LogP contribution in [0.3, 0.4) is 0 Å². The zero-order valence-corrected chi connectivity index (χ0v) is 11.5. The molecule has 1 fully saturated rings. The molecule has 0 bridgehead atoms. The highest BCUT2D eigenvalue weighted by molar-refractivity contribution is 5.82. The zero-order chi connectivity index (χ0) is 13.9. The third-order valence-corrected chi connectivity index (χ3v) is 4.06. The summed E-state index contributed by atoms with van der Waals surface area (Å²) in [5, 5.41) is 7.52. The molecule has 0 amide bonds. The van der Waals surface area contributed by atoms with E-state index in [-0.39, 0.29) is 11.9 Å². The Morgan fingerprint density at radius 3 is 3.05 bits per heavy atom. The molecule has 1 saturated heterocycles. The van der Waals surface area contributed by atoms with Crippen LogP contribution in [-0.4, -0.2) is 49.7 Å². The van der Waals surface area contributed by atoms with Gasteiger partial charge in [-0.3, -0.25) is 10.3 Å². The van der Waals surface area contributed by atoms with Gasteiger partial charge in [0.1, 0.15) is 17.7 Å². The van der Waals surface area contributed by atoms with E-state index in [1.807, 2.05) is 12.1 Å². The summed E-state index contributed by atoms with van der Waals surface area (Å²) in [5.41, 5.74) is 6.85. The van der Waals surface area contributed by atoms with Gasteiger partial charge in [-0.05, 0) is 18.1 Å². The first-order valence-corrected chi connectivity index (χ1v) is 7.13. The summed E-state index contributed by atoms with van der Waals surface area (Å²) in [6.07, 6.45) is 0.790. The van der Waals surface area contributed by atoms with Crippen LogP contribution in [0.4, 0.5) is 0 Å². The Labute approximate surface area is 119 Å². The van der Waals surface area contributed by atoms with E-state index in [1.165, 1.54) is 5.56 Å². The number of rotatable bonds is 3. The Kier molecular flexibility index (Phi) is 3.89. The van der Waals surface area contributed by atoms with E-state index in [1.54, 1.807) is 0 Å². The molecule has 5 nitrogen and oxygen atoms in total. The number of fused-ring (bicyclic) bond motifs is 1. The molecule has 20 heavy (non-hydrogen) atoms. The van der Waals surface area contributed by atoms with E-state index in [4.69, 9.17) is 20.6 Å². The SMILES string of the molecule is N=C(N)C1CN(CC2CCOc3ccccc32)CCO1. The fourth-order valence-electron chi connectivity index (χ4n) is 2.97. The summed E-state index contributed by atoms with van der Waals surface area (Å²) in [4.78, 5) is 2.35. The number of hydrogen-bond donors (Lipinski definition) is 2. The normalized spacial score (nSPS) is 26.6. The van der Waals surface area contributed by atoms with Crippen LogP contribution in [0.15, 0.2) is 24.3 Å². The first-order chi connectivity index (χ1) is 9.74. The van der Waals surface area contributed by atoms with Crippen LogP contribution in [0.1, 0.15) is 17.9 Å². The predicted octanol–water partition coefficient (Wildman–Crippen LogP) is 1.19. The van der Waals surface area contributed by atoms with Crippen molar-refractivity contribution >= 4 is 5.84 Å². The van der Waals surface area contributed by atoms with E-state index >= 15 is 0 Å². The molecule has 0 saturated carbocycles. The summed E-state index contributed by atoms with van der Waals surface area (Å²) < 4.78 is 11.2. The Bertz CT molecular complexity index is 492. The molecular weight excluding hydrogens is 254 g/mol. The van der Waals surface area contributed by atoms with Gasteiger partial charge in [-0.25, -0.2) is 0 Å². The highest BCUT2D eigenvalue weighted by atomic mass is 16.5. The van der Waals surface area contributed by atoms with Gasteiger partial charge in [0.15, 0.2) is 0 Å². The smallest absolute Gasteiger partial charge is 0.127 e. The monoisotopic (exact) mass is 275 g/mol. The highest BCUT2D eigenvalue weighted by Gasteiger charge is 2.27. The molecule has 2 aliphatic rings. The lowest BCUT2D eigenvalue weighted by Gasteiger charge is -2.36. The van der Waals surface area contributed by atoms with Gasteiger partial charge in [0.05, 0.1) is 13.2 Å². The van der Waals surface area contributed by atoms with Gasteiger partial charge in [0, 0.05) is 25.6 Å². The second-order valence-electron chi connectivity index (χ2n) is 5.45. The number of nitrogens with zero attached hydrogens (tertiary/aromatic N) is 1. The average molecular weight is 275 g/mol. The minimum Gasteiger partial charge on any atom is -0.493 e. The molecular formula is C15H21N3O2. The molecule has 0 aliphatic carbocycles. The van der Waals surface area contributed by atoms with Crippen LogP contribution in [-0.2, 0) is 4.74 Å². The minimum absolute atomic E-state index is 0.127. The maximum Gasteiger partial charge on any atom is 0.127 e. The van der Waals surface area contributed by atoms with Crippen LogP contribution >= 0.6 is 0 Å². The molecule has 1 aromatic rings. The standard InChI is InChI=1S/C15H21N3O2/c16-15(17)14-10-18(6-8-20-14)9-11-5-7-19-13-4-2-1-3-12(11)13/h1-4,11,14H,5-10H2,(H3,16,17). The first kappa shape index (κ1) is 13.4. The number of amidine groups is 1. The van der Waals surface area contributed by atoms with E-state index in [0.717, 1.165) is 38.4 Å². The van der Waals surface area contributed by atoms with Crippen LogP contribution in [0.2, 0.25) is 0 Å². The lowest BCUT2D eigenvalue weighted by atomic mass is 9.92. The molecule has 0 spiro atoms. The third kappa shape index (κ3) is 2.78. The number of nitrogens with two attached hydrogens (primary N) is 1. The Morgan fingerprint density at radius 2 is 2.20 bits per heavy atom. The van der Waals surface area contributed by atoms with Crippen molar-refractivity contribution in [1.29, 1.82) is 5.41 Å². The lowest BCUT2D eigenvalue weighted by molar-refractivity contribution is 0.00203. The molecule has 2 atom stereocenters. The molecule has 108 valence electrons. The predicted molar refractivity (Wildman–Crippen MR) is 77.4 cm³/mol. The van der Waals surface area contributed by atoms with Crippen molar-refractivity contribution in [3.8, 4) is 5.75 Å². The Hall–Kier alpha value is -1.59. The van der Waals surface area contributed by atoms with E-state index in [9.17, 15) is 0 Å². The van der Waals surface area contributed by atoms with Gasteiger partial charge in [0.25, 0.3) is 0 Å². The van der Waals surface area contributed by atoms with Crippen molar-refractivity contribution < 1.29 is 9.47 Å². The van der Waals surface area contributed by atoms with Crippen LogP contribution in [0.5, 0.6) is 5.75 Å². The van der Waals surface area contributed by atoms with Gasteiger partial charge in [-0.15, -0.1) is 0 Å². The average Bonchev–Trinajstić information content (AvgIpc) is 2.48. The molecule has 5 heteroatoms. The Balaban J connectivity index is 1.68. The molecule has 0 aromatic heterocycles. The van der Waals surface area contributed by atoms with Gasteiger partial charge in [-0.2, -0.15) is 0 Å². The number of hydrogen-bond acceptors (Lipinski definition) is 4. The van der Waals surface area contributed by atoms with Crippen molar-refractivity contribution in [2.75, 3.05) is 32.8 Å². The molecule has 2 unspecified atom stereocenters. The highest BCUT2D eigenvalue weighted by Crippen LogP contribution is 2.34. The molecule has 0 radical (unpaired) electrons. The topological polar surface area (TPSA) is 71.6 Å². The molecule has 3 rings (SSSR count). The second kappa shape index (κ2) is 5.81. The number of morpholine rings is 1. The molecule has 2 aliphatic heterocycles. The fraction of sp³-hybridized carbons (Fsp3) is 0.533. The van der Waals surface area contributed by atoms with Crippen molar-refractivity contribution in [3.05, 3.63) is 29.8 Å². The largest absolute Gasteiger partial charge is 0.493 e. The maximum atomic E-state index is 7.52. The van der Waals surface area contributed by atoms with Crippen molar-refractivity contribution in [2.24, 2.45) is 5.73 Å². The maximum absolute atomic E-state index is 7.52. The quantitative estimate of drug-likeness (QED) is 0.642. The zero-order valence-electron chi connectivity index (χ0n) is 11.5. The fourth-order valence-corrected chi connectivity index (χ4v) is 2.97. The summed E-state index contributed by atoms with van der Waals surface area (Å²) in [5.74, 6) is 1.63. The molecule has 1 aromatic carbocycles. The Morgan fingerprint density at radius 1 is 1.35 bits per heavy atom. The van der Waals surface area contributed by atoms with Crippen molar-refractivity contribution in [3.63, 3.8) is 0 Å². The number of para-hydroxylation sites is 1. The van der Waals surface area contributed by atoms with E-state index in [0.29, 0.717) is 12.5 Å². The van der Waals surface area contributed by atoms with Gasteiger partial charge in [-0.1, -0.05) is 18.2 Å². The lowest BCUT2D eigenvalue weighted by Crippen LogP contribution is -2.49. The molecule has 2 heterocycles. The summed E-state index contributed by atoms with van der Waals surface area (Å²) in [6.45, 7) is 4.03. The summed E-state index contributed by atoms with van der Waals surface area (Å²) >= 11 is 0. The number of benzene rings is 1. The second-order valence-corrected chi connectivity index (χ2v) is 5.45.